The smallest absolute Gasteiger partial charge is 0.0956 e. The van der Waals surface area contributed by atoms with E-state index in [1.54, 1.807) is 0 Å². The van der Waals surface area contributed by atoms with Crippen molar-refractivity contribution < 1.29 is 14.2 Å². The molecule has 2 heterocycles. The minimum absolute atomic E-state index is 0.196. The van der Waals surface area contributed by atoms with Gasteiger partial charge in [0, 0.05) is 66.7 Å². The Morgan fingerprint density at radius 1 is 0.514 bits per heavy atom. The van der Waals surface area contributed by atoms with Crippen LogP contribution in [0.3, 0.4) is 0 Å². The number of benzene rings is 2. The first-order valence-electron chi connectivity index (χ1n) is 11.2. The van der Waals surface area contributed by atoms with Crippen LogP contribution in [0.2, 0.25) is 0 Å². The molecular formula is C24H20Br10O3. The average Bonchev–Trinajstić information content (AvgIpc) is 2.83. The lowest BCUT2D eigenvalue weighted by molar-refractivity contribution is -0.255. The fourth-order valence-electron chi connectivity index (χ4n) is 4.69. The number of hydrogen-bond donors (Lipinski definition) is 0. The topological polar surface area (TPSA) is 27.7 Å². The molecule has 0 aromatic heterocycles. The van der Waals surface area contributed by atoms with Crippen molar-refractivity contribution >= 4 is 159 Å². The minimum Gasteiger partial charge on any atom is -0.380 e. The molecule has 2 aromatic rings. The molecule has 0 aliphatic carbocycles. The highest BCUT2D eigenvalue weighted by Gasteiger charge is 2.54. The molecule has 2 saturated heterocycles. The zero-order chi connectivity index (χ0) is 27.4. The molecule has 2 fully saturated rings. The molecule has 0 radical (unpaired) electrons. The van der Waals surface area contributed by atoms with Gasteiger partial charge < -0.3 is 14.2 Å². The van der Waals surface area contributed by atoms with E-state index < -0.39 is 0 Å². The van der Waals surface area contributed by atoms with Crippen molar-refractivity contribution in [2.75, 3.05) is 26.4 Å². The fourth-order valence-corrected chi connectivity index (χ4v) is 11.7. The first-order valence-corrected chi connectivity index (χ1v) is 19.1. The average molecular weight is 1160 g/mol. The Balaban J connectivity index is 1.99. The molecule has 0 bridgehead atoms. The van der Waals surface area contributed by atoms with Crippen molar-refractivity contribution in [2.45, 2.75) is 38.9 Å². The van der Waals surface area contributed by atoms with Gasteiger partial charge in [0.2, 0.25) is 0 Å². The number of rotatable bonds is 8. The molecule has 37 heavy (non-hydrogen) atoms. The monoisotopic (exact) mass is 1150 g/mol. The van der Waals surface area contributed by atoms with Crippen molar-refractivity contribution in [3.8, 4) is 0 Å². The summed E-state index contributed by atoms with van der Waals surface area (Å²) < 4.78 is 28.4. The van der Waals surface area contributed by atoms with Crippen LogP contribution in [0.1, 0.15) is 50.0 Å². The van der Waals surface area contributed by atoms with Gasteiger partial charge in [0.05, 0.1) is 38.6 Å². The van der Waals surface area contributed by atoms with Gasteiger partial charge in [-0.15, -0.1) is 0 Å². The van der Waals surface area contributed by atoms with Crippen molar-refractivity contribution in [3.05, 3.63) is 55.9 Å². The summed E-state index contributed by atoms with van der Waals surface area (Å²) in [5, 5.41) is 0. The molecule has 2 atom stereocenters. The van der Waals surface area contributed by atoms with E-state index in [2.05, 4.69) is 173 Å². The summed E-state index contributed by atoms with van der Waals surface area (Å²) in [5.74, 6) is 0. The molecular weight excluding hydrogens is 1140 g/mol. The Morgan fingerprint density at radius 3 is 0.946 bits per heavy atom. The zero-order valence-electron chi connectivity index (χ0n) is 19.4. The SMILES string of the molecule is CCC1(C(OC(c2c(Br)c(Br)c(Br)c(Br)c2Br)C2(CC)COC2)c2c(Br)c(Br)c(Br)c(Br)c2Br)COC1. The predicted molar refractivity (Wildman–Crippen MR) is 184 cm³/mol. The lowest BCUT2D eigenvalue weighted by Gasteiger charge is -2.53. The van der Waals surface area contributed by atoms with Gasteiger partial charge in [0.1, 0.15) is 0 Å². The van der Waals surface area contributed by atoms with Crippen molar-refractivity contribution in [2.24, 2.45) is 10.8 Å². The Morgan fingerprint density at radius 2 is 0.757 bits per heavy atom. The van der Waals surface area contributed by atoms with Crippen LogP contribution < -0.4 is 0 Å². The second kappa shape index (κ2) is 13.0. The number of hydrogen-bond acceptors (Lipinski definition) is 3. The molecule has 2 aliphatic rings. The van der Waals surface area contributed by atoms with E-state index >= 15 is 0 Å². The summed E-state index contributed by atoms with van der Waals surface area (Å²) in [6.07, 6.45) is 1.23. The Bertz CT molecular complexity index is 1060. The molecule has 13 heteroatoms. The second-order valence-corrected chi connectivity index (χ2v) is 17.2. The largest absolute Gasteiger partial charge is 0.380 e. The lowest BCUT2D eigenvalue weighted by Crippen LogP contribution is -2.52. The molecule has 3 nitrogen and oxygen atoms in total. The minimum atomic E-state index is -0.287. The van der Waals surface area contributed by atoms with Gasteiger partial charge in [0.25, 0.3) is 0 Å². The summed E-state index contributed by atoms with van der Waals surface area (Å²) in [5.41, 5.74) is 1.67. The highest BCUT2D eigenvalue weighted by atomic mass is 79.9. The summed E-state index contributed by atoms with van der Waals surface area (Å²) in [6.45, 7) is 6.90. The van der Waals surface area contributed by atoms with E-state index in [1.165, 1.54) is 0 Å². The lowest BCUT2D eigenvalue weighted by atomic mass is 9.72. The first-order chi connectivity index (χ1) is 17.4. The van der Waals surface area contributed by atoms with E-state index in [0.717, 1.165) is 68.7 Å². The van der Waals surface area contributed by atoms with Gasteiger partial charge in [0.15, 0.2) is 0 Å². The van der Waals surface area contributed by atoms with E-state index in [-0.39, 0.29) is 23.0 Å². The molecule has 0 spiro atoms. The highest BCUT2D eigenvalue weighted by Crippen LogP contribution is 2.60. The van der Waals surface area contributed by atoms with Gasteiger partial charge >= 0.3 is 0 Å². The summed E-state index contributed by atoms with van der Waals surface area (Å²) in [4.78, 5) is 0. The van der Waals surface area contributed by atoms with Crippen LogP contribution in [0.5, 0.6) is 0 Å². The van der Waals surface area contributed by atoms with E-state index in [0.29, 0.717) is 26.4 Å². The summed E-state index contributed by atoms with van der Waals surface area (Å²) in [7, 11) is 0. The zero-order valence-corrected chi connectivity index (χ0v) is 35.3. The number of ether oxygens (including phenoxy) is 3. The molecule has 0 saturated carbocycles. The molecule has 4 rings (SSSR count). The van der Waals surface area contributed by atoms with E-state index in [1.807, 2.05) is 0 Å². The predicted octanol–water partition coefficient (Wildman–Crippen LogP) is 13.0. The molecule has 204 valence electrons. The van der Waals surface area contributed by atoms with E-state index in [4.69, 9.17) is 14.2 Å². The molecule has 0 amide bonds. The summed E-state index contributed by atoms with van der Waals surface area (Å²) in [6, 6.07) is 0. The molecule has 2 aliphatic heterocycles. The quantitative estimate of drug-likeness (QED) is 0.195. The van der Waals surface area contributed by atoms with Gasteiger partial charge in [-0.05, 0) is 172 Å². The van der Waals surface area contributed by atoms with Crippen LogP contribution in [0.15, 0.2) is 44.7 Å². The maximum Gasteiger partial charge on any atom is 0.0956 e. The van der Waals surface area contributed by atoms with Gasteiger partial charge in [-0.3, -0.25) is 0 Å². The van der Waals surface area contributed by atoms with Crippen LogP contribution in [0.4, 0.5) is 0 Å². The van der Waals surface area contributed by atoms with Crippen molar-refractivity contribution in [1.82, 2.24) is 0 Å². The van der Waals surface area contributed by atoms with Crippen LogP contribution in [-0.4, -0.2) is 26.4 Å². The third-order valence-corrected chi connectivity index (χ3v) is 19.7. The maximum absolute atomic E-state index is 7.45. The number of halogens is 10. The third-order valence-electron chi connectivity index (χ3n) is 7.36. The molecule has 2 aromatic carbocycles. The van der Waals surface area contributed by atoms with Crippen molar-refractivity contribution in [3.63, 3.8) is 0 Å². The highest BCUT2D eigenvalue weighted by molar-refractivity contribution is 9.16. The Labute approximate surface area is 301 Å². The van der Waals surface area contributed by atoms with Gasteiger partial charge in [-0.25, -0.2) is 0 Å². The van der Waals surface area contributed by atoms with Crippen molar-refractivity contribution in [1.29, 1.82) is 0 Å². The Hall–Kier alpha value is 3.12. The molecule has 0 N–H and O–H groups in total. The maximum atomic E-state index is 7.45. The van der Waals surface area contributed by atoms with Crippen LogP contribution in [0.25, 0.3) is 0 Å². The first kappa shape index (κ1) is 33.0. The summed E-state index contributed by atoms with van der Waals surface area (Å²) >= 11 is 38.0. The second-order valence-electron chi connectivity index (χ2n) is 9.28. The van der Waals surface area contributed by atoms with Crippen LogP contribution in [-0.2, 0) is 14.2 Å². The Kier molecular flexibility index (Phi) is 11.6. The van der Waals surface area contributed by atoms with Gasteiger partial charge in [-0.1, -0.05) is 13.8 Å². The normalized spacial score (nSPS) is 19.8. The van der Waals surface area contributed by atoms with Gasteiger partial charge in [-0.2, -0.15) is 0 Å². The fraction of sp³-hybridized carbons (Fsp3) is 0.500. The van der Waals surface area contributed by atoms with Crippen LogP contribution in [0, 0.1) is 10.8 Å². The molecule has 2 unspecified atom stereocenters. The van der Waals surface area contributed by atoms with Crippen LogP contribution >= 0.6 is 159 Å². The third kappa shape index (κ3) is 5.71. The van der Waals surface area contributed by atoms with E-state index in [9.17, 15) is 0 Å². The standard InChI is InChI=1S/C24H20Br10O3/c1-3-23(5-35-6-23)21(9-11(25)15(29)19(33)16(30)12(9)26)37-22(24(4-2)7-36-8-24)10-13(27)17(31)20(34)18(32)14(10)28/h21-22H,3-8H2,1-2H3.